The Morgan fingerprint density at radius 3 is 2.64 bits per heavy atom. The Balaban J connectivity index is 3.10. The predicted molar refractivity (Wildman–Crippen MR) is 47.2 cm³/mol. The van der Waals surface area contributed by atoms with Gasteiger partial charge in [0.1, 0.15) is 0 Å². The molecule has 0 aliphatic heterocycles. The Kier molecular flexibility index (Phi) is 4.93. The van der Waals surface area contributed by atoms with E-state index in [1.54, 1.807) is 0 Å². The highest BCUT2D eigenvalue weighted by Gasteiger charge is 2.09. The van der Waals surface area contributed by atoms with Crippen molar-refractivity contribution in [2.24, 2.45) is 5.73 Å². The molecule has 0 aliphatic rings. The molecule has 2 heteroatoms. The third-order valence-electron chi connectivity index (χ3n) is 1.08. The number of unbranched alkanes of at least 4 members (excludes halogenated alkanes) is 1. The number of nitrogens with two attached hydrogens (primary N) is 1. The summed E-state index contributed by atoms with van der Waals surface area (Å²) >= 11 is 0. The van der Waals surface area contributed by atoms with Crippen LogP contribution in [0.4, 0.5) is 0 Å². The molecule has 2 nitrogen and oxygen atoms in total. The van der Waals surface area contributed by atoms with Crippen molar-refractivity contribution < 1.29 is 4.74 Å². The van der Waals surface area contributed by atoms with E-state index in [0.29, 0.717) is 13.2 Å². The molecule has 0 atom stereocenters. The zero-order valence-corrected chi connectivity index (χ0v) is 7.39. The molecule has 0 aliphatic carbocycles. The van der Waals surface area contributed by atoms with E-state index in [0.717, 1.165) is 12.8 Å². The van der Waals surface area contributed by atoms with Crippen LogP contribution in [-0.2, 0) is 4.74 Å². The van der Waals surface area contributed by atoms with Crippen LogP contribution in [0.3, 0.4) is 0 Å². The van der Waals surface area contributed by atoms with Gasteiger partial charge in [-0.25, -0.2) is 0 Å². The Hall–Kier alpha value is -0.520. The van der Waals surface area contributed by atoms with E-state index in [2.05, 4.69) is 5.92 Å². The number of hydrogen-bond acceptors (Lipinski definition) is 2. The lowest BCUT2D eigenvalue weighted by Gasteiger charge is -2.17. The molecule has 0 aromatic heterocycles. The number of terminal acetylenes is 1. The molecule has 0 saturated carbocycles. The van der Waals surface area contributed by atoms with Gasteiger partial charge in [-0.2, -0.15) is 0 Å². The molecule has 0 heterocycles. The Morgan fingerprint density at radius 2 is 2.18 bits per heavy atom. The first-order valence-electron chi connectivity index (χ1n) is 3.86. The first-order valence-corrected chi connectivity index (χ1v) is 3.86. The van der Waals surface area contributed by atoms with Gasteiger partial charge in [0.2, 0.25) is 0 Å². The van der Waals surface area contributed by atoms with Crippen molar-refractivity contribution in [2.45, 2.75) is 32.2 Å². The van der Waals surface area contributed by atoms with Crippen molar-refractivity contribution in [3.63, 3.8) is 0 Å². The van der Waals surface area contributed by atoms with Gasteiger partial charge in [-0.3, -0.25) is 0 Å². The van der Waals surface area contributed by atoms with Crippen LogP contribution in [0.5, 0.6) is 0 Å². The normalized spacial score (nSPS) is 11.1. The molecule has 0 bridgehead atoms. The average molecular weight is 155 g/mol. The van der Waals surface area contributed by atoms with Crippen LogP contribution in [0.1, 0.15) is 26.7 Å². The van der Waals surface area contributed by atoms with Crippen LogP contribution in [0, 0.1) is 12.3 Å². The van der Waals surface area contributed by atoms with E-state index in [1.807, 2.05) is 13.8 Å². The fourth-order valence-corrected chi connectivity index (χ4v) is 0.612. The molecule has 11 heavy (non-hydrogen) atoms. The Bertz CT molecular complexity index is 129. The van der Waals surface area contributed by atoms with Crippen molar-refractivity contribution in [3.05, 3.63) is 0 Å². The van der Waals surface area contributed by atoms with E-state index in [9.17, 15) is 0 Å². The van der Waals surface area contributed by atoms with Gasteiger partial charge in [-0.1, -0.05) is 0 Å². The number of hydrogen-bond donors (Lipinski definition) is 1. The summed E-state index contributed by atoms with van der Waals surface area (Å²) in [6.45, 7) is 5.19. The molecule has 64 valence electrons. The summed E-state index contributed by atoms with van der Waals surface area (Å²) in [7, 11) is 0. The zero-order chi connectivity index (χ0) is 8.74. The van der Waals surface area contributed by atoms with Crippen molar-refractivity contribution >= 4 is 0 Å². The third kappa shape index (κ3) is 9.48. The van der Waals surface area contributed by atoms with Gasteiger partial charge in [0.25, 0.3) is 0 Å². The van der Waals surface area contributed by atoms with Gasteiger partial charge < -0.3 is 10.5 Å². The Morgan fingerprint density at radius 1 is 1.55 bits per heavy atom. The zero-order valence-electron chi connectivity index (χ0n) is 7.39. The molecule has 2 N–H and O–H groups in total. The van der Waals surface area contributed by atoms with E-state index in [4.69, 9.17) is 16.9 Å². The van der Waals surface area contributed by atoms with E-state index in [1.165, 1.54) is 0 Å². The maximum Gasteiger partial charge on any atom is 0.0640 e. The molecule has 0 aromatic carbocycles. The van der Waals surface area contributed by atoms with Gasteiger partial charge in [0.15, 0.2) is 0 Å². The van der Waals surface area contributed by atoms with Crippen molar-refractivity contribution in [1.82, 2.24) is 0 Å². The summed E-state index contributed by atoms with van der Waals surface area (Å²) in [5.74, 6) is 2.55. The number of rotatable bonds is 5. The minimum Gasteiger partial charge on any atom is -0.380 e. The van der Waals surface area contributed by atoms with Gasteiger partial charge in [-0.05, 0) is 20.3 Å². The second-order valence-corrected chi connectivity index (χ2v) is 3.35. The quantitative estimate of drug-likeness (QED) is 0.477. The lowest BCUT2D eigenvalue weighted by molar-refractivity contribution is 0.0961. The molecule has 0 rings (SSSR count). The summed E-state index contributed by atoms with van der Waals surface area (Å²) in [4.78, 5) is 0. The third-order valence-corrected chi connectivity index (χ3v) is 1.08. The Labute approximate surface area is 69.1 Å². The largest absolute Gasteiger partial charge is 0.380 e. The second-order valence-electron chi connectivity index (χ2n) is 3.35. The van der Waals surface area contributed by atoms with E-state index < -0.39 is 0 Å². The standard InChI is InChI=1S/C9H17NO/c1-4-5-6-7-11-8-9(2,3)10/h1H,5-8,10H2,2-3H3. The monoisotopic (exact) mass is 155 g/mol. The summed E-state index contributed by atoms with van der Waals surface area (Å²) in [6.07, 6.45) is 6.77. The highest BCUT2D eigenvalue weighted by atomic mass is 16.5. The highest BCUT2D eigenvalue weighted by molar-refractivity contribution is 4.82. The minimum absolute atomic E-state index is 0.226. The van der Waals surface area contributed by atoms with Crippen LogP contribution < -0.4 is 5.73 Å². The van der Waals surface area contributed by atoms with Crippen LogP contribution in [0.15, 0.2) is 0 Å². The maximum absolute atomic E-state index is 5.68. The van der Waals surface area contributed by atoms with Crippen molar-refractivity contribution in [3.8, 4) is 12.3 Å². The molecular formula is C9H17NO. The summed E-state index contributed by atoms with van der Waals surface area (Å²) in [5.41, 5.74) is 5.46. The van der Waals surface area contributed by atoms with Crippen LogP contribution in [-0.4, -0.2) is 18.8 Å². The van der Waals surface area contributed by atoms with Gasteiger partial charge in [0.05, 0.1) is 6.61 Å². The average Bonchev–Trinajstić information content (AvgIpc) is 1.85. The molecule has 0 unspecified atom stereocenters. The lowest BCUT2D eigenvalue weighted by Crippen LogP contribution is -2.37. The smallest absolute Gasteiger partial charge is 0.0640 e. The SMILES string of the molecule is C#CCCCOCC(C)(C)N. The highest BCUT2D eigenvalue weighted by Crippen LogP contribution is 1.97. The van der Waals surface area contributed by atoms with E-state index >= 15 is 0 Å². The van der Waals surface area contributed by atoms with Crippen LogP contribution >= 0.6 is 0 Å². The first kappa shape index (κ1) is 10.5. The summed E-state index contributed by atoms with van der Waals surface area (Å²) in [5, 5.41) is 0. The van der Waals surface area contributed by atoms with Crippen LogP contribution in [0.2, 0.25) is 0 Å². The van der Waals surface area contributed by atoms with Gasteiger partial charge >= 0.3 is 0 Å². The molecule has 0 saturated heterocycles. The first-order chi connectivity index (χ1) is 5.06. The second kappa shape index (κ2) is 5.17. The number of ether oxygens (including phenoxy) is 1. The molecule has 0 aromatic rings. The van der Waals surface area contributed by atoms with Gasteiger partial charge in [-0.15, -0.1) is 12.3 Å². The molecule has 0 radical (unpaired) electrons. The summed E-state index contributed by atoms with van der Waals surface area (Å²) in [6, 6.07) is 0. The molecule has 0 amide bonds. The molecule has 0 spiro atoms. The van der Waals surface area contributed by atoms with Crippen molar-refractivity contribution in [1.29, 1.82) is 0 Å². The topological polar surface area (TPSA) is 35.2 Å². The lowest BCUT2D eigenvalue weighted by atomic mass is 10.1. The predicted octanol–water partition coefficient (Wildman–Crippen LogP) is 1.15. The fraction of sp³-hybridized carbons (Fsp3) is 0.778. The molecule has 0 fully saturated rings. The fourth-order valence-electron chi connectivity index (χ4n) is 0.612. The maximum atomic E-state index is 5.68. The minimum atomic E-state index is -0.226. The van der Waals surface area contributed by atoms with Crippen LogP contribution in [0.25, 0.3) is 0 Å². The van der Waals surface area contributed by atoms with Gasteiger partial charge in [0, 0.05) is 18.6 Å². The molecular weight excluding hydrogens is 138 g/mol. The summed E-state index contributed by atoms with van der Waals surface area (Å²) < 4.78 is 5.28. The van der Waals surface area contributed by atoms with Crippen molar-refractivity contribution in [2.75, 3.05) is 13.2 Å². The van der Waals surface area contributed by atoms with E-state index in [-0.39, 0.29) is 5.54 Å².